The summed E-state index contributed by atoms with van der Waals surface area (Å²) in [5.74, 6) is 0.955. The number of carbonyl (C=O) groups excluding carboxylic acids is 2. The van der Waals surface area contributed by atoms with E-state index in [2.05, 4.69) is 51.4 Å². The number of benzene rings is 1. The summed E-state index contributed by atoms with van der Waals surface area (Å²) in [7, 11) is 0. The number of rotatable bonds is 6. The van der Waals surface area contributed by atoms with Crippen molar-refractivity contribution in [1.82, 2.24) is 26.0 Å². The van der Waals surface area contributed by atoms with Gasteiger partial charge in [0.2, 0.25) is 5.91 Å². The topological polar surface area (TPSA) is 85.9 Å². The predicted molar refractivity (Wildman–Crippen MR) is 130 cm³/mol. The van der Waals surface area contributed by atoms with Crippen molar-refractivity contribution in [3.8, 4) is 0 Å². The van der Waals surface area contributed by atoms with Crippen LogP contribution in [0.1, 0.15) is 50.6 Å². The van der Waals surface area contributed by atoms with Gasteiger partial charge in [-0.2, -0.15) is 0 Å². The molecule has 5 rings (SSSR count). The molecule has 34 heavy (non-hydrogen) atoms. The molecule has 1 saturated carbocycles. The van der Waals surface area contributed by atoms with Crippen molar-refractivity contribution in [2.75, 3.05) is 45.9 Å². The minimum Gasteiger partial charge on any atom is -0.450 e. The maximum Gasteiger partial charge on any atom is 0.409 e. The van der Waals surface area contributed by atoms with E-state index in [0.717, 1.165) is 58.3 Å². The largest absolute Gasteiger partial charge is 0.450 e. The summed E-state index contributed by atoms with van der Waals surface area (Å²) >= 11 is 0. The molecule has 3 N–H and O–H groups in total. The third-order valence-corrected chi connectivity index (χ3v) is 8.47. The van der Waals surface area contributed by atoms with Crippen LogP contribution >= 0.6 is 0 Å². The van der Waals surface area contributed by atoms with E-state index >= 15 is 0 Å². The van der Waals surface area contributed by atoms with Crippen LogP contribution in [0.5, 0.6) is 0 Å². The first-order valence-electron chi connectivity index (χ1n) is 13.1. The first kappa shape index (κ1) is 23.6. The van der Waals surface area contributed by atoms with E-state index in [0.29, 0.717) is 31.7 Å². The Labute approximate surface area is 202 Å². The van der Waals surface area contributed by atoms with Gasteiger partial charge < -0.3 is 19.9 Å². The van der Waals surface area contributed by atoms with E-state index in [-0.39, 0.29) is 29.4 Å². The Kier molecular flexibility index (Phi) is 7.09. The number of amides is 2. The van der Waals surface area contributed by atoms with Crippen LogP contribution < -0.4 is 16.2 Å². The van der Waals surface area contributed by atoms with Crippen LogP contribution in [0.15, 0.2) is 30.3 Å². The summed E-state index contributed by atoms with van der Waals surface area (Å²) < 4.78 is 5.09. The van der Waals surface area contributed by atoms with Crippen molar-refractivity contribution in [3.05, 3.63) is 35.9 Å². The molecule has 8 heteroatoms. The first-order valence-corrected chi connectivity index (χ1v) is 13.1. The number of nitrogens with zero attached hydrogens (tertiary/aromatic N) is 2. The van der Waals surface area contributed by atoms with Crippen molar-refractivity contribution >= 4 is 12.0 Å². The molecule has 3 aliphatic heterocycles. The molecule has 3 heterocycles. The highest BCUT2D eigenvalue weighted by Crippen LogP contribution is 2.59. The Morgan fingerprint density at radius 2 is 1.85 bits per heavy atom. The van der Waals surface area contributed by atoms with Gasteiger partial charge in [0.05, 0.1) is 12.6 Å². The lowest BCUT2D eigenvalue weighted by Gasteiger charge is -2.35. The number of likely N-dealkylation sites (tertiary alicyclic amines) is 2. The molecule has 1 spiro atoms. The number of nitrogens with one attached hydrogen (secondary N) is 3. The zero-order chi connectivity index (χ0) is 23.5. The molecule has 0 bridgehead atoms. The first-order chi connectivity index (χ1) is 16.6. The van der Waals surface area contributed by atoms with E-state index in [1.807, 2.05) is 6.92 Å². The number of piperidine rings is 2. The predicted octanol–water partition coefficient (Wildman–Crippen LogP) is 2.29. The minimum absolute atomic E-state index is 0.171. The fourth-order valence-electron chi connectivity index (χ4n) is 6.23. The lowest BCUT2D eigenvalue weighted by molar-refractivity contribution is -0.124. The number of ether oxygens (including phenoxy) is 1. The van der Waals surface area contributed by atoms with E-state index < -0.39 is 0 Å². The van der Waals surface area contributed by atoms with Gasteiger partial charge in [0, 0.05) is 44.1 Å². The molecule has 3 saturated heterocycles. The van der Waals surface area contributed by atoms with Gasteiger partial charge in [-0.25, -0.2) is 10.2 Å². The van der Waals surface area contributed by atoms with E-state index in [4.69, 9.17) is 4.74 Å². The van der Waals surface area contributed by atoms with Gasteiger partial charge in [0.25, 0.3) is 0 Å². The summed E-state index contributed by atoms with van der Waals surface area (Å²) in [6, 6.07) is 11.2. The highest BCUT2D eigenvalue weighted by Gasteiger charge is 2.58. The van der Waals surface area contributed by atoms with Gasteiger partial charge in [0.1, 0.15) is 0 Å². The second kappa shape index (κ2) is 10.2. The Hall–Kier alpha value is -2.16. The molecule has 3 atom stereocenters. The molecule has 0 aromatic heterocycles. The van der Waals surface area contributed by atoms with E-state index in [9.17, 15) is 9.59 Å². The molecule has 186 valence electrons. The number of hydrogen-bond acceptors (Lipinski definition) is 6. The molecule has 1 aromatic carbocycles. The summed E-state index contributed by atoms with van der Waals surface area (Å²) in [5.41, 5.74) is 8.38. The number of hydrogen-bond donors (Lipinski definition) is 3. The van der Waals surface area contributed by atoms with Crippen LogP contribution in [0, 0.1) is 17.3 Å². The average molecular weight is 470 g/mol. The Morgan fingerprint density at radius 1 is 1.12 bits per heavy atom. The number of carbonyl (C=O) groups is 2. The van der Waals surface area contributed by atoms with E-state index in [1.54, 1.807) is 4.90 Å². The van der Waals surface area contributed by atoms with Crippen molar-refractivity contribution in [2.24, 2.45) is 17.3 Å². The summed E-state index contributed by atoms with van der Waals surface area (Å²) in [5, 5.41) is 3.29. The fraction of sp³-hybridized carbons (Fsp3) is 0.692. The molecule has 2 amide bonds. The Morgan fingerprint density at radius 3 is 2.56 bits per heavy atom. The van der Waals surface area contributed by atoms with Gasteiger partial charge in [-0.3, -0.25) is 10.2 Å². The second-order valence-corrected chi connectivity index (χ2v) is 10.6. The standard InChI is InChI=1S/C26H39N5O3/c1-2-34-25(33)31-12-8-21(9-13-31)28-24(32)22-16-26(22)10-14-30(15-11-26)18-20-17-27-29-23(20)19-6-4-3-5-7-19/h3-7,20-23,27,29H,2,8-18H2,1H3,(H,28,32). The van der Waals surface area contributed by atoms with Crippen LogP contribution in [0.2, 0.25) is 0 Å². The molecular formula is C26H39N5O3. The average Bonchev–Trinajstić information content (AvgIpc) is 3.37. The number of hydrazine groups is 1. The van der Waals surface area contributed by atoms with Crippen LogP contribution in [0.25, 0.3) is 0 Å². The second-order valence-electron chi connectivity index (χ2n) is 10.6. The maximum absolute atomic E-state index is 13.0. The quantitative estimate of drug-likeness (QED) is 0.593. The Bertz CT molecular complexity index is 849. The van der Waals surface area contributed by atoms with E-state index in [1.165, 1.54) is 5.56 Å². The summed E-state index contributed by atoms with van der Waals surface area (Å²) in [6.07, 6.45) is 4.66. The third kappa shape index (κ3) is 5.09. The van der Waals surface area contributed by atoms with Crippen LogP contribution in [0.4, 0.5) is 4.79 Å². The highest BCUT2D eigenvalue weighted by atomic mass is 16.6. The van der Waals surface area contributed by atoms with Gasteiger partial charge in [-0.1, -0.05) is 30.3 Å². The molecule has 8 nitrogen and oxygen atoms in total. The lowest BCUT2D eigenvalue weighted by Crippen LogP contribution is -2.47. The molecular weight excluding hydrogens is 430 g/mol. The van der Waals surface area contributed by atoms with Crippen molar-refractivity contribution in [1.29, 1.82) is 0 Å². The van der Waals surface area contributed by atoms with Gasteiger partial charge in [-0.15, -0.1) is 0 Å². The van der Waals surface area contributed by atoms with Crippen LogP contribution in [-0.4, -0.2) is 73.7 Å². The highest BCUT2D eigenvalue weighted by molar-refractivity contribution is 5.83. The molecule has 1 aliphatic carbocycles. The SMILES string of the molecule is CCOC(=O)N1CCC(NC(=O)C2CC23CCN(CC2CNNC2c2ccccc2)CC3)CC1. The maximum atomic E-state index is 13.0. The van der Waals surface area contributed by atoms with Crippen LogP contribution in [0.3, 0.4) is 0 Å². The fourth-order valence-corrected chi connectivity index (χ4v) is 6.23. The Balaban J connectivity index is 1.05. The summed E-state index contributed by atoms with van der Waals surface area (Å²) in [4.78, 5) is 29.2. The van der Waals surface area contributed by atoms with Crippen molar-refractivity contribution in [3.63, 3.8) is 0 Å². The minimum atomic E-state index is -0.237. The van der Waals surface area contributed by atoms with Gasteiger partial charge in [0.15, 0.2) is 0 Å². The molecule has 1 aromatic rings. The lowest BCUT2D eigenvalue weighted by atomic mass is 9.88. The smallest absolute Gasteiger partial charge is 0.409 e. The normalized spacial score (nSPS) is 29.2. The van der Waals surface area contributed by atoms with Crippen LogP contribution in [-0.2, 0) is 9.53 Å². The van der Waals surface area contributed by atoms with Crippen molar-refractivity contribution in [2.45, 2.75) is 51.1 Å². The molecule has 3 unspecified atom stereocenters. The third-order valence-electron chi connectivity index (χ3n) is 8.47. The molecule has 4 aliphatic rings. The molecule has 0 radical (unpaired) electrons. The summed E-state index contributed by atoms with van der Waals surface area (Å²) in [6.45, 7) is 7.78. The van der Waals surface area contributed by atoms with Crippen molar-refractivity contribution < 1.29 is 14.3 Å². The van der Waals surface area contributed by atoms with Gasteiger partial charge >= 0.3 is 6.09 Å². The zero-order valence-electron chi connectivity index (χ0n) is 20.3. The monoisotopic (exact) mass is 469 g/mol. The molecule has 4 fully saturated rings. The van der Waals surface area contributed by atoms with Gasteiger partial charge in [-0.05, 0) is 63.1 Å². The zero-order valence-corrected chi connectivity index (χ0v) is 20.3.